The molecule has 1 amide bonds. The molecule has 1 aromatic heterocycles. The lowest BCUT2D eigenvalue weighted by Gasteiger charge is -2.23. The Labute approximate surface area is 171 Å². The summed E-state index contributed by atoms with van der Waals surface area (Å²) >= 11 is 0. The van der Waals surface area contributed by atoms with Gasteiger partial charge in [-0.25, -0.2) is 9.37 Å². The number of carbonyl (C=O) groups is 1. The van der Waals surface area contributed by atoms with Crippen molar-refractivity contribution in [3.63, 3.8) is 0 Å². The number of amides is 1. The first-order chi connectivity index (χ1) is 13.9. The molecule has 1 aromatic carbocycles. The molecule has 29 heavy (non-hydrogen) atoms. The van der Waals surface area contributed by atoms with Crippen LogP contribution in [0.5, 0.6) is 5.75 Å². The van der Waals surface area contributed by atoms with Crippen molar-refractivity contribution in [1.82, 2.24) is 10.3 Å². The summed E-state index contributed by atoms with van der Waals surface area (Å²) in [6.45, 7) is 7.45. The van der Waals surface area contributed by atoms with Crippen molar-refractivity contribution in [2.45, 2.75) is 39.3 Å². The van der Waals surface area contributed by atoms with Crippen molar-refractivity contribution in [3.05, 3.63) is 47.9 Å². The summed E-state index contributed by atoms with van der Waals surface area (Å²) in [4.78, 5) is 19.3. The van der Waals surface area contributed by atoms with Crippen molar-refractivity contribution in [2.75, 3.05) is 36.5 Å². The molecule has 1 fully saturated rings. The molecular formula is C22H29FN4O2. The molecule has 3 rings (SSSR count). The topological polar surface area (TPSA) is 57.7 Å². The molecule has 156 valence electrons. The Bertz CT molecular complexity index is 843. The maximum atomic E-state index is 14.9. The van der Waals surface area contributed by atoms with Gasteiger partial charge in [-0.15, -0.1) is 0 Å². The lowest BCUT2D eigenvalue weighted by atomic mass is 10.1. The third-order valence-electron chi connectivity index (χ3n) is 5.28. The number of benzene rings is 1. The van der Waals surface area contributed by atoms with Gasteiger partial charge in [-0.05, 0) is 37.6 Å². The molecule has 1 aliphatic heterocycles. The van der Waals surface area contributed by atoms with Crippen LogP contribution in [0.25, 0.3) is 0 Å². The molecule has 2 atom stereocenters. The van der Waals surface area contributed by atoms with Gasteiger partial charge in [0.15, 0.2) is 11.6 Å². The zero-order chi connectivity index (χ0) is 21.0. The van der Waals surface area contributed by atoms with E-state index in [0.717, 1.165) is 24.3 Å². The first-order valence-electron chi connectivity index (χ1n) is 10.0. The predicted octanol–water partition coefficient (Wildman–Crippen LogP) is 3.53. The van der Waals surface area contributed by atoms with Gasteiger partial charge in [-0.1, -0.05) is 12.1 Å². The molecule has 1 saturated heterocycles. The highest BCUT2D eigenvalue weighted by Crippen LogP contribution is 2.29. The normalized spacial score (nSPS) is 17.1. The Balaban J connectivity index is 1.63. The standard InChI is InChI=1S/C22H29FN4O2/c1-5-26(4)20-10-12-24-22(21(20)23)27-13-11-19(14-27)29-18-8-6-17(7-9-18)15(2)25-16(3)28/h6-10,12,15,19H,5,11,13-14H2,1-4H3,(H,25,28)/t15-,19+/m0/s1. The maximum Gasteiger partial charge on any atom is 0.217 e. The molecule has 2 aromatic rings. The maximum absolute atomic E-state index is 14.9. The number of nitrogens with one attached hydrogen (secondary N) is 1. The lowest BCUT2D eigenvalue weighted by molar-refractivity contribution is -0.119. The van der Waals surface area contributed by atoms with Gasteiger partial charge in [-0.2, -0.15) is 0 Å². The highest BCUT2D eigenvalue weighted by Gasteiger charge is 2.28. The molecule has 7 heteroatoms. The van der Waals surface area contributed by atoms with E-state index in [4.69, 9.17) is 4.74 Å². The van der Waals surface area contributed by atoms with Gasteiger partial charge in [0.25, 0.3) is 0 Å². The monoisotopic (exact) mass is 400 g/mol. The fraction of sp³-hybridized carbons (Fsp3) is 0.455. The van der Waals surface area contributed by atoms with E-state index in [1.165, 1.54) is 6.92 Å². The average molecular weight is 400 g/mol. The van der Waals surface area contributed by atoms with E-state index in [2.05, 4.69) is 10.3 Å². The van der Waals surface area contributed by atoms with Crippen molar-refractivity contribution >= 4 is 17.4 Å². The van der Waals surface area contributed by atoms with Crippen molar-refractivity contribution in [3.8, 4) is 5.75 Å². The minimum Gasteiger partial charge on any atom is -0.489 e. The van der Waals surface area contributed by atoms with E-state index in [0.29, 0.717) is 24.6 Å². The quantitative estimate of drug-likeness (QED) is 0.771. The van der Waals surface area contributed by atoms with Crippen LogP contribution in [0.15, 0.2) is 36.5 Å². The number of pyridine rings is 1. The molecule has 1 N–H and O–H groups in total. The highest BCUT2D eigenvalue weighted by atomic mass is 19.1. The van der Waals surface area contributed by atoms with Crippen LogP contribution >= 0.6 is 0 Å². The molecule has 0 bridgehead atoms. The van der Waals surface area contributed by atoms with Gasteiger partial charge >= 0.3 is 0 Å². The lowest BCUT2D eigenvalue weighted by Crippen LogP contribution is -2.27. The number of anilines is 2. The first kappa shape index (κ1) is 20.9. The minimum atomic E-state index is -0.284. The van der Waals surface area contributed by atoms with E-state index in [1.54, 1.807) is 12.3 Å². The van der Waals surface area contributed by atoms with E-state index >= 15 is 0 Å². The number of ether oxygens (including phenoxy) is 1. The first-order valence-corrected chi connectivity index (χ1v) is 10.0. The molecule has 0 aliphatic carbocycles. The van der Waals surface area contributed by atoms with Gasteiger partial charge in [-0.3, -0.25) is 4.79 Å². The fourth-order valence-corrected chi connectivity index (χ4v) is 3.54. The Hall–Kier alpha value is -2.83. The second-order valence-electron chi connectivity index (χ2n) is 7.45. The van der Waals surface area contributed by atoms with Crippen LogP contribution in [-0.4, -0.2) is 43.7 Å². The third kappa shape index (κ3) is 4.96. The summed E-state index contributed by atoms with van der Waals surface area (Å²) in [5, 5.41) is 2.87. The van der Waals surface area contributed by atoms with E-state index < -0.39 is 0 Å². The van der Waals surface area contributed by atoms with Gasteiger partial charge in [0.1, 0.15) is 11.9 Å². The van der Waals surface area contributed by atoms with Crippen LogP contribution < -0.4 is 19.9 Å². The summed E-state index contributed by atoms with van der Waals surface area (Å²) in [5.41, 5.74) is 1.58. The number of hydrogen-bond acceptors (Lipinski definition) is 5. The average Bonchev–Trinajstić information content (AvgIpc) is 3.15. The second kappa shape index (κ2) is 9.11. The van der Waals surface area contributed by atoms with E-state index in [9.17, 15) is 9.18 Å². The van der Waals surface area contributed by atoms with Crippen LogP contribution in [0.3, 0.4) is 0 Å². The number of hydrogen-bond donors (Lipinski definition) is 1. The SMILES string of the molecule is CCN(C)c1ccnc(N2CC[C@@H](Oc3ccc([C@H](C)NC(C)=O)cc3)C2)c1F. The summed E-state index contributed by atoms with van der Waals surface area (Å²) in [5.74, 6) is 0.810. The fourth-order valence-electron chi connectivity index (χ4n) is 3.54. The van der Waals surface area contributed by atoms with Gasteiger partial charge in [0.2, 0.25) is 5.91 Å². The number of carbonyl (C=O) groups excluding carboxylic acids is 1. The second-order valence-corrected chi connectivity index (χ2v) is 7.45. The molecule has 0 radical (unpaired) electrons. The zero-order valence-electron chi connectivity index (χ0n) is 17.5. The van der Waals surface area contributed by atoms with E-state index in [-0.39, 0.29) is 23.9 Å². The number of rotatable bonds is 7. The van der Waals surface area contributed by atoms with Crippen LogP contribution in [0.2, 0.25) is 0 Å². The van der Waals surface area contributed by atoms with E-state index in [1.807, 2.05) is 55.0 Å². The smallest absolute Gasteiger partial charge is 0.217 e. The number of halogens is 1. The zero-order valence-corrected chi connectivity index (χ0v) is 17.5. The molecule has 0 unspecified atom stereocenters. The van der Waals surface area contributed by atoms with Crippen LogP contribution in [0, 0.1) is 5.82 Å². The largest absolute Gasteiger partial charge is 0.489 e. The number of aromatic nitrogens is 1. The molecule has 6 nitrogen and oxygen atoms in total. The van der Waals surface area contributed by atoms with Gasteiger partial charge in [0.05, 0.1) is 18.3 Å². The minimum absolute atomic E-state index is 0.0256. The summed E-state index contributed by atoms with van der Waals surface area (Å²) < 4.78 is 21.0. The number of nitrogens with zero attached hydrogens (tertiary/aromatic N) is 3. The van der Waals surface area contributed by atoms with Crippen LogP contribution in [0.4, 0.5) is 15.9 Å². The predicted molar refractivity (Wildman–Crippen MR) is 113 cm³/mol. The Kier molecular flexibility index (Phi) is 6.56. The summed E-state index contributed by atoms with van der Waals surface area (Å²) in [6.07, 6.45) is 2.43. The van der Waals surface area contributed by atoms with Crippen LogP contribution in [0.1, 0.15) is 38.8 Å². The summed E-state index contributed by atoms with van der Waals surface area (Å²) in [6, 6.07) is 9.38. The van der Waals surface area contributed by atoms with Gasteiger partial charge < -0.3 is 19.9 Å². The molecule has 0 spiro atoms. The summed E-state index contributed by atoms with van der Waals surface area (Å²) in [7, 11) is 1.87. The van der Waals surface area contributed by atoms with Crippen LogP contribution in [-0.2, 0) is 4.79 Å². The molecule has 2 heterocycles. The Morgan fingerprint density at radius 3 is 2.76 bits per heavy atom. The molecule has 1 aliphatic rings. The molecule has 0 saturated carbocycles. The van der Waals surface area contributed by atoms with Crippen molar-refractivity contribution in [1.29, 1.82) is 0 Å². The highest BCUT2D eigenvalue weighted by molar-refractivity contribution is 5.73. The molecular weight excluding hydrogens is 371 g/mol. The third-order valence-corrected chi connectivity index (χ3v) is 5.28. The Morgan fingerprint density at radius 1 is 1.38 bits per heavy atom. The van der Waals surface area contributed by atoms with Gasteiger partial charge in [0, 0.05) is 39.7 Å². The van der Waals surface area contributed by atoms with Crippen molar-refractivity contribution in [2.24, 2.45) is 0 Å². The Morgan fingerprint density at radius 2 is 2.10 bits per heavy atom. The van der Waals surface area contributed by atoms with Crippen molar-refractivity contribution < 1.29 is 13.9 Å².